The van der Waals surface area contributed by atoms with Crippen molar-refractivity contribution in [3.63, 3.8) is 0 Å². The molecule has 4 aromatic rings. The van der Waals surface area contributed by atoms with E-state index in [9.17, 15) is 9.59 Å². The highest BCUT2D eigenvalue weighted by Gasteiger charge is 2.20. The van der Waals surface area contributed by atoms with Gasteiger partial charge in [0.25, 0.3) is 11.5 Å². The van der Waals surface area contributed by atoms with Crippen LogP contribution in [-0.4, -0.2) is 20.7 Å². The van der Waals surface area contributed by atoms with E-state index < -0.39 is 0 Å². The maximum atomic E-state index is 13.0. The largest absolute Gasteiger partial charge is 0.348 e. The second-order valence-corrected chi connectivity index (χ2v) is 7.72. The number of carbonyl (C=O) groups is 1. The molecule has 0 unspecified atom stereocenters. The number of aromatic nitrogens is 3. The first-order chi connectivity index (χ1) is 14.0. The molecule has 0 saturated carbocycles. The van der Waals surface area contributed by atoms with E-state index in [1.807, 2.05) is 67.8 Å². The van der Waals surface area contributed by atoms with Crippen molar-refractivity contribution in [2.24, 2.45) is 0 Å². The van der Waals surface area contributed by atoms with Crippen molar-refractivity contribution in [1.29, 1.82) is 0 Å². The molecule has 0 bridgehead atoms. The highest BCUT2D eigenvalue weighted by Crippen LogP contribution is 2.27. The van der Waals surface area contributed by atoms with Crippen LogP contribution in [-0.2, 0) is 6.54 Å². The zero-order valence-corrected chi connectivity index (χ0v) is 16.9. The van der Waals surface area contributed by atoms with Gasteiger partial charge < -0.3 is 10.3 Å². The fourth-order valence-electron chi connectivity index (χ4n) is 3.21. The van der Waals surface area contributed by atoms with E-state index in [2.05, 4.69) is 15.4 Å². The van der Waals surface area contributed by atoms with Gasteiger partial charge in [0.15, 0.2) is 0 Å². The van der Waals surface area contributed by atoms with Gasteiger partial charge in [-0.2, -0.15) is 5.10 Å². The van der Waals surface area contributed by atoms with Crippen LogP contribution in [0.15, 0.2) is 64.9 Å². The summed E-state index contributed by atoms with van der Waals surface area (Å²) in [6, 6.07) is 15.4. The van der Waals surface area contributed by atoms with Crippen molar-refractivity contribution in [3.05, 3.63) is 92.8 Å². The molecule has 1 amide bonds. The molecule has 6 nitrogen and oxygen atoms in total. The first-order valence-corrected chi connectivity index (χ1v) is 10.1. The average molecular weight is 404 g/mol. The third kappa shape index (κ3) is 3.90. The number of nitrogens with one attached hydrogen (secondary N) is 2. The number of benzene rings is 1. The smallest absolute Gasteiger partial charge is 0.255 e. The number of hydrogen-bond donors (Lipinski definition) is 2. The molecule has 3 heterocycles. The van der Waals surface area contributed by atoms with E-state index in [0.717, 1.165) is 21.8 Å². The van der Waals surface area contributed by atoms with Crippen LogP contribution in [0.1, 0.15) is 27.2 Å². The van der Waals surface area contributed by atoms with E-state index in [0.29, 0.717) is 16.8 Å². The van der Waals surface area contributed by atoms with Crippen molar-refractivity contribution in [3.8, 4) is 16.3 Å². The number of amides is 1. The number of para-hydroxylation sites is 1. The van der Waals surface area contributed by atoms with E-state index in [1.54, 1.807) is 10.9 Å². The molecule has 1 aromatic carbocycles. The Hall–Kier alpha value is -3.45. The lowest BCUT2D eigenvalue weighted by molar-refractivity contribution is 0.0951. The van der Waals surface area contributed by atoms with Crippen LogP contribution in [0.25, 0.3) is 16.3 Å². The Kier molecular flexibility index (Phi) is 5.14. The summed E-state index contributed by atoms with van der Waals surface area (Å²) in [4.78, 5) is 28.9. The molecule has 0 atom stereocenters. The minimum Gasteiger partial charge on any atom is -0.348 e. The first-order valence-electron chi connectivity index (χ1n) is 9.19. The fraction of sp³-hybridized carbons (Fsp3) is 0.136. The molecule has 146 valence electrons. The summed E-state index contributed by atoms with van der Waals surface area (Å²) in [6.07, 6.45) is 1.73. The fourth-order valence-corrected chi connectivity index (χ4v) is 3.94. The van der Waals surface area contributed by atoms with Crippen molar-refractivity contribution in [1.82, 2.24) is 20.1 Å². The summed E-state index contributed by atoms with van der Waals surface area (Å²) >= 11 is 1.53. The minimum absolute atomic E-state index is 0.153. The molecule has 0 saturated heterocycles. The summed E-state index contributed by atoms with van der Waals surface area (Å²) in [6.45, 7) is 3.86. The zero-order chi connectivity index (χ0) is 20.4. The van der Waals surface area contributed by atoms with Gasteiger partial charge in [-0.05, 0) is 49.1 Å². The molecule has 0 aliphatic heterocycles. The zero-order valence-electron chi connectivity index (χ0n) is 16.1. The highest BCUT2D eigenvalue weighted by atomic mass is 32.1. The number of hydrogen-bond acceptors (Lipinski definition) is 4. The molecule has 3 aromatic heterocycles. The van der Waals surface area contributed by atoms with Gasteiger partial charge in [-0.3, -0.25) is 9.59 Å². The Morgan fingerprint density at radius 3 is 2.66 bits per heavy atom. The Bertz CT molecular complexity index is 1210. The molecule has 0 aliphatic rings. The van der Waals surface area contributed by atoms with E-state index >= 15 is 0 Å². The molecule has 0 spiro atoms. The van der Waals surface area contributed by atoms with Crippen molar-refractivity contribution >= 4 is 17.2 Å². The number of rotatable bonds is 5. The number of H-pyrrole nitrogens is 1. The number of nitrogens with zero attached hydrogens (tertiary/aromatic N) is 2. The predicted molar refractivity (Wildman–Crippen MR) is 115 cm³/mol. The van der Waals surface area contributed by atoms with Crippen LogP contribution in [0.4, 0.5) is 0 Å². The molecular weight excluding hydrogens is 384 g/mol. The third-order valence-corrected chi connectivity index (χ3v) is 5.53. The van der Waals surface area contributed by atoms with Crippen LogP contribution in [0, 0.1) is 13.8 Å². The summed E-state index contributed by atoms with van der Waals surface area (Å²) in [5, 5.41) is 9.47. The maximum Gasteiger partial charge on any atom is 0.255 e. The summed E-state index contributed by atoms with van der Waals surface area (Å²) in [7, 11) is 0. The van der Waals surface area contributed by atoms with E-state index in [-0.39, 0.29) is 18.0 Å². The Morgan fingerprint density at radius 1 is 1.17 bits per heavy atom. The number of carbonyl (C=O) groups excluding carboxylic acids is 1. The van der Waals surface area contributed by atoms with Gasteiger partial charge in [-0.25, -0.2) is 4.68 Å². The Morgan fingerprint density at radius 2 is 1.97 bits per heavy atom. The lowest BCUT2D eigenvalue weighted by Crippen LogP contribution is -2.28. The molecule has 4 rings (SSSR count). The van der Waals surface area contributed by atoms with Gasteiger partial charge in [0.1, 0.15) is 5.69 Å². The normalized spacial score (nSPS) is 10.8. The number of aromatic amines is 1. The van der Waals surface area contributed by atoms with Crippen LogP contribution in [0.3, 0.4) is 0 Å². The van der Waals surface area contributed by atoms with Crippen molar-refractivity contribution in [2.45, 2.75) is 20.4 Å². The Labute approximate surface area is 171 Å². The molecule has 0 fully saturated rings. The number of pyridine rings is 1. The topological polar surface area (TPSA) is 79.8 Å². The lowest BCUT2D eigenvalue weighted by Gasteiger charge is -2.08. The average Bonchev–Trinajstić information content (AvgIpc) is 3.37. The maximum absolute atomic E-state index is 13.0. The summed E-state index contributed by atoms with van der Waals surface area (Å²) in [5.74, 6) is -0.269. The summed E-state index contributed by atoms with van der Waals surface area (Å²) in [5.41, 5.74) is 3.98. The molecule has 0 radical (unpaired) electrons. The second kappa shape index (κ2) is 7.89. The van der Waals surface area contributed by atoms with Gasteiger partial charge in [0.05, 0.1) is 16.1 Å². The van der Waals surface area contributed by atoms with Gasteiger partial charge in [0, 0.05) is 24.0 Å². The SMILES string of the molecule is Cc1cc(C)c(CNC(=O)c2cn(-c3ccccc3)nc2-c2cccs2)c(=O)[nH]1. The third-order valence-electron chi connectivity index (χ3n) is 4.65. The molecule has 0 aliphatic carbocycles. The van der Waals surface area contributed by atoms with E-state index in [1.165, 1.54) is 11.3 Å². The van der Waals surface area contributed by atoms with Gasteiger partial charge in [-0.15, -0.1) is 11.3 Å². The number of thiophene rings is 1. The quantitative estimate of drug-likeness (QED) is 0.530. The molecular formula is C22H20N4O2S. The van der Waals surface area contributed by atoms with Crippen molar-refractivity contribution in [2.75, 3.05) is 0 Å². The lowest BCUT2D eigenvalue weighted by atomic mass is 10.1. The van der Waals surface area contributed by atoms with Crippen LogP contribution >= 0.6 is 11.3 Å². The minimum atomic E-state index is -0.269. The van der Waals surface area contributed by atoms with Crippen LogP contribution < -0.4 is 10.9 Å². The number of aryl methyl sites for hydroxylation is 2. The second-order valence-electron chi connectivity index (χ2n) is 6.77. The van der Waals surface area contributed by atoms with Gasteiger partial charge in [0.2, 0.25) is 0 Å². The Balaban J connectivity index is 1.66. The van der Waals surface area contributed by atoms with Crippen LogP contribution in [0.2, 0.25) is 0 Å². The molecule has 7 heteroatoms. The predicted octanol–water partition coefficient (Wildman–Crippen LogP) is 3.84. The standard InChI is InChI=1S/C22H20N4O2S/c1-14-11-15(2)24-22(28)17(14)12-23-21(27)18-13-26(16-7-4-3-5-8-16)25-20(18)19-9-6-10-29-19/h3-11,13H,12H2,1-2H3,(H,23,27)(H,24,28). The summed E-state index contributed by atoms with van der Waals surface area (Å²) < 4.78 is 1.70. The van der Waals surface area contributed by atoms with Crippen LogP contribution in [0.5, 0.6) is 0 Å². The monoisotopic (exact) mass is 404 g/mol. The van der Waals surface area contributed by atoms with Crippen molar-refractivity contribution < 1.29 is 4.79 Å². The highest BCUT2D eigenvalue weighted by molar-refractivity contribution is 7.13. The molecule has 2 N–H and O–H groups in total. The van der Waals surface area contributed by atoms with E-state index in [4.69, 9.17) is 0 Å². The molecule has 29 heavy (non-hydrogen) atoms. The van der Waals surface area contributed by atoms with Gasteiger partial charge in [-0.1, -0.05) is 24.3 Å². The first kappa shape index (κ1) is 18.9. The van der Waals surface area contributed by atoms with Gasteiger partial charge >= 0.3 is 0 Å².